The van der Waals surface area contributed by atoms with Crippen LogP contribution in [0.25, 0.3) is 0 Å². The maximum Gasteiger partial charge on any atom is 0.294 e. The molecule has 4 aliphatic carbocycles. The summed E-state index contributed by atoms with van der Waals surface area (Å²) < 4.78 is 15.1. The van der Waals surface area contributed by atoms with Crippen LogP contribution in [-0.4, -0.2) is 32.7 Å². The standard InChI is InChI=1S/C25H29FN4O3/c1-12-5-18(11-27-22(12)26)28-23(32)19-13(2)20(30(4)14(19)3)21(31)24(33)29-25-9-15-6-16(10-25)8-17(25)7-15/h5,11,15-17H,6-10H2,1-4H3,(H,28,32)(H,29,33). The van der Waals surface area contributed by atoms with Crippen LogP contribution < -0.4 is 10.6 Å². The summed E-state index contributed by atoms with van der Waals surface area (Å²) in [5.74, 6) is -0.424. The van der Waals surface area contributed by atoms with Crippen LogP contribution in [0.2, 0.25) is 0 Å². The molecule has 2 unspecified atom stereocenters. The molecule has 2 aromatic rings. The van der Waals surface area contributed by atoms with Gasteiger partial charge in [-0.3, -0.25) is 14.4 Å². The van der Waals surface area contributed by atoms with E-state index in [1.54, 1.807) is 32.4 Å². The zero-order chi connectivity index (χ0) is 23.7. The van der Waals surface area contributed by atoms with E-state index in [9.17, 15) is 18.8 Å². The van der Waals surface area contributed by atoms with E-state index in [1.807, 2.05) is 0 Å². The molecular formula is C25H29FN4O3. The molecule has 2 amide bonds. The average molecular weight is 453 g/mol. The first kappa shape index (κ1) is 21.8. The van der Waals surface area contributed by atoms with E-state index in [2.05, 4.69) is 15.6 Å². The largest absolute Gasteiger partial charge is 0.344 e. The third-order valence-electron chi connectivity index (χ3n) is 8.20. The van der Waals surface area contributed by atoms with Gasteiger partial charge in [-0.2, -0.15) is 4.39 Å². The number of aromatic nitrogens is 2. The summed E-state index contributed by atoms with van der Waals surface area (Å²) >= 11 is 0. The number of carbonyl (C=O) groups is 3. The van der Waals surface area contributed by atoms with Crippen molar-refractivity contribution in [1.82, 2.24) is 14.9 Å². The van der Waals surface area contributed by atoms with Gasteiger partial charge in [0.1, 0.15) is 0 Å². The van der Waals surface area contributed by atoms with Crippen LogP contribution >= 0.6 is 0 Å². The molecular weight excluding hydrogens is 423 g/mol. The maximum absolute atomic E-state index is 13.5. The zero-order valence-electron chi connectivity index (χ0n) is 19.4. The van der Waals surface area contributed by atoms with Crippen LogP contribution in [0.1, 0.15) is 69.8 Å². The van der Waals surface area contributed by atoms with Crippen molar-refractivity contribution >= 4 is 23.3 Å². The Hall–Kier alpha value is -3.03. The number of rotatable bonds is 5. The SMILES string of the molecule is Cc1cc(NC(=O)c2c(C)c(C(=O)C(=O)NC34CC5CC(CC3C5)C4)n(C)c2C)cnc1F. The van der Waals surface area contributed by atoms with Crippen LogP contribution in [0, 0.1) is 44.5 Å². The van der Waals surface area contributed by atoms with Crippen molar-refractivity contribution in [1.29, 1.82) is 0 Å². The average Bonchev–Trinajstić information content (AvgIpc) is 3.23. The van der Waals surface area contributed by atoms with Gasteiger partial charge in [-0.15, -0.1) is 0 Å². The van der Waals surface area contributed by atoms with Crippen LogP contribution in [0.3, 0.4) is 0 Å². The molecule has 4 bridgehead atoms. The van der Waals surface area contributed by atoms with Gasteiger partial charge in [0, 0.05) is 23.8 Å². The predicted octanol–water partition coefficient (Wildman–Crippen LogP) is 3.61. The van der Waals surface area contributed by atoms with Gasteiger partial charge in [0.05, 0.1) is 23.1 Å². The molecule has 0 radical (unpaired) electrons. The van der Waals surface area contributed by atoms with E-state index in [0.717, 1.165) is 25.7 Å². The highest BCUT2D eigenvalue weighted by atomic mass is 19.1. The topological polar surface area (TPSA) is 93.1 Å². The van der Waals surface area contributed by atoms with E-state index >= 15 is 0 Å². The van der Waals surface area contributed by atoms with E-state index in [0.29, 0.717) is 45.8 Å². The Kier molecular flexibility index (Phi) is 4.95. The Morgan fingerprint density at radius 2 is 1.79 bits per heavy atom. The molecule has 4 aliphatic rings. The predicted molar refractivity (Wildman–Crippen MR) is 121 cm³/mol. The van der Waals surface area contributed by atoms with Crippen molar-refractivity contribution in [2.24, 2.45) is 24.8 Å². The number of hydrogen-bond acceptors (Lipinski definition) is 4. The quantitative estimate of drug-likeness (QED) is 0.412. The Balaban J connectivity index is 1.38. The third-order valence-corrected chi connectivity index (χ3v) is 8.20. The van der Waals surface area contributed by atoms with Crippen LogP contribution in [0.4, 0.5) is 10.1 Å². The fourth-order valence-corrected chi connectivity index (χ4v) is 6.84. The summed E-state index contributed by atoms with van der Waals surface area (Å²) in [5, 5.41) is 5.85. The molecule has 33 heavy (non-hydrogen) atoms. The van der Waals surface area contributed by atoms with Gasteiger partial charge in [0.15, 0.2) is 0 Å². The summed E-state index contributed by atoms with van der Waals surface area (Å²) in [4.78, 5) is 43.0. The van der Waals surface area contributed by atoms with Gasteiger partial charge in [-0.05, 0) is 82.3 Å². The minimum atomic E-state index is -0.614. The van der Waals surface area contributed by atoms with Gasteiger partial charge >= 0.3 is 0 Å². The summed E-state index contributed by atoms with van der Waals surface area (Å²) in [6.45, 7) is 4.98. The number of nitrogens with one attached hydrogen (secondary N) is 2. The molecule has 0 saturated heterocycles. The van der Waals surface area contributed by atoms with Crippen molar-refractivity contribution in [2.45, 2.75) is 58.4 Å². The van der Waals surface area contributed by atoms with E-state index in [-0.39, 0.29) is 11.2 Å². The smallest absolute Gasteiger partial charge is 0.294 e. The molecule has 0 spiro atoms. The maximum atomic E-state index is 13.5. The second-order valence-corrected chi connectivity index (χ2v) is 10.3. The lowest BCUT2D eigenvalue weighted by atomic mass is 9.80. The van der Waals surface area contributed by atoms with Gasteiger partial charge < -0.3 is 15.2 Å². The Bertz CT molecular complexity index is 1190. The van der Waals surface area contributed by atoms with Crippen LogP contribution in [-0.2, 0) is 11.8 Å². The first-order chi connectivity index (χ1) is 15.6. The van der Waals surface area contributed by atoms with Crippen molar-refractivity contribution < 1.29 is 18.8 Å². The minimum absolute atomic E-state index is 0.220. The van der Waals surface area contributed by atoms with Crippen molar-refractivity contribution in [3.05, 3.63) is 46.3 Å². The number of carbonyl (C=O) groups excluding carboxylic acids is 3. The second kappa shape index (κ2) is 7.50. The fourth-order valence-electron chi connectivity index (χ4n) is 6.84. The molecule has 8 heteroatoms. The van der Waals surface area contributed by atoms with Crippen molar-refractivity contribution in [3.63, 3.8) is 0 Å². The van der Waals surface area contributed by atoms with Gasteiger partial charge in [-0.1, -0.05) is 0 Å². The minimum Gasteiger partial charge on any atom is -0.344 e. The molecule has 4 saturated carbocycles. The lowest BCUT2D eigenvalue weighted by Gasteiger charge is -2.33. The van der Waals surface area contributed by atoms with E-state index in [4.69, 9.17) is 0 Å². The molecule has 174 valence electrons. The van der Waals surface area contributed by atoms with E-state index in [1.165, 1.54) is 18.7 Å². The van der Waals surface area contributed by atoms with Gasteiger partial charge in [0.25, 0.3) is 17.6 Å². The zero-order valence-corrected chi connectivity index (χ0v) is 19.4. The Morgan fingerprint density at radius 1 is 1.12 bits per heavy atom. The number of nitrogens with zero attached hydrogens (tertiary/aromatic N) is 2. The molecule has 2 heterocycles. The normalized spacial score (nSPS) is 27.1. The van der Waals surface area contributed by atoms with Crippen molar-refractivity contribution in [3.8, 4) is 0 Å². The number of ketones is 1. The molecule has 2 aromatic heterocycles. The van der Waals surface area contributed by atoms with E-state index < -0.39 is 23.5 Å². The molecule has 7 nitrogen and oxygen atoms in total. The summed E-state index contributed by atoms with van der Waals surface area (Å²) in [6.07, 6.45) is 6.73. The number of aryl methyl sites for hydroxylation is 1. The molecule has 6 rings (SSSR count). The number of anilines is 1. The number of Topliss-reactive ketones (excluding diaryl/α,β-unsaturated/α-hetero) is 1. The summed E-state index contributed by atoms with van der Waals surface area (Å²) in [7, 11) is 1.69. The second-order valence-electron chi connectivity index (χ2n) is 10.3. The number of hydrogen-bond donors (Lipinski definition) is 2. The monoisotopic (exact) mass is 452 g/mol. The molecule has 4 fully saturated rings. The first-order valence-corrected chi connectivity index (χ1v) is 11.6. The fraction of sp³-hybridized carbons (Fsp3) is 0.520. The van der Waals surface area contributed by atoms with Crippen molar-refractivity contribution in [2.75, 3.05) is 5.32 Å². The number of halogens is 1. The molecule has 2 N–H and O–H groups in total. The summed E-state index contributed by atoms with van der Waals surface area (Å²) in [5.41, 5.74) is 2.02. The van der Waals surface area contributed by atoms with Gasteiger partial charge in [0.2, 0.25) is 5.95 Å². The Morgan fingerprint density at radius 3 is 2.42 bits per heavy atom. The lowest BCUT2D eigenvalue weighted by molar-refractivity contribution is -0.119. The van der Waals surface area contributed by atoms with Crippen LogP contribution in [0.5, 0.6) is 0 Å². The highest BCUT2D eigenvalue weighted by Crippen LogP contribution is 2.60. The van der Waals surface area contributed by atoms with Gasteiger partial charge in [-0.25, -0.2) is 4.98 Å². The highest BCUT2D eigenvalue weighted by molar-refractivity contribution is 6.43. The highest BCUT2D eigenvalue weighted by Gasteiger charge is 2.58. The lowest BCUT2D eigenvalue weighted by Crippen LogP contribution is -2.51. The molecule has 0 aliphatic heterocycles. The summed E-state index contributed by atoms with van der Waals surface area (Å²) in [6, 6.07) is 1.50. The van der Waals surface area contributed by atoms with Crippen LogP contribution in [0.15, 0.2) is 12.3 Å². The third kappa shape index (κ3) is 3.38. The molecule has 2 atom stereocenters. The number of pyridine rings is 1. The Labute approximate surface area is 192 Å². The number of amides is 2. The molecule has 0 aromatic carbocycles. The first-order valence-electron chi connectivity index (χ1n) is 11.6.